The van der Waals surface area contributed by atoms with Gasteiger partial charge in [0, 0.05) is 25.0 Å². The molecule has 0 aliphatic carbocycles. The molecule has 84 valence electrons. The molecule has 0 aromatic carbocycles. The Morgan fingerprint density at radius 2 is 2.27 bits per heavy atom. The molecule has 0 saturated heterocycles. The number of rotatable bonds is 7. The lowest BCUT2D eigenvalue weighted by Crippen LogP contribution is -2.34. The van der Waals surface area contributed by atoms with Gasteiger partial charge in [0.15, 0.2) is 0 Å². The lowest BCUT2D eigenvalue weighted by Gasteiger charge is -2.14. The SMILES string of the molecule is OCCC(CO)NCCc1cccnc1. The van der Waals surface area contributed by atoms with Crippen LogP contribution in [0.25, 0.3) is 0 Å². The Bertz CT molecular complexity index is 254. The van der Waals surface area contributed by atoms with Crippen molar-refractivity contribution in [2.24, 2.45) is 0 Å². The van der Waals surface area contributed by atoms with Crippen molar-refractivity contribution in [3.05, 3.63) is 30.1 Å². The summed E-state index contributed by atoms with van der Waals surface area (Å²) in [7, 11) is 0. The molecular formula is C11H18N2O2. The van der Waals surface area contributed by atoms with Crippen molar-refractivity contribution < 1.29 is 10.2 Å². The average Bonchev–Trinajstić information content (AvgIpc) is 2.29. The lowest BCUT2D eigenvalue weighted by atomic mass is 10.2. The van der Waals surface area contributed by atoms with Gasteiger partial charge in [-0.2, -0.15) is 0 Å². The Hall–Kier alpha value is -0.970. The highest BCUT2D eigenvalue weighted by Gasteiger charge is 2.04. The van der Waals surface area contributed by atoms with Gasteiger partial charge >= 0.3 is 0 Å². The highest BCUT2D eigenvalue weighted by molar-refractivity contribution is 5.08. The third kappa shape index (κ3) is 4.88. The van der Waals surface area contributed by atoms with E-state index in [1.54, 1.807) is 6.20 Å². The van der Waals surface area contributed by atoms with Crippen LogP contribution in [0.1, 0.15) is 12.0 Å². The molecule has 0 radical (unpaired) electrons. The van der Waals surface area contributed by atoms with Gasteiger partial charge < -0.3 is 15.5 Å². The largest absolute Gasteiger partial charge is 0.396 e. The van der Waals surface area contributed by atoms with Crippen LogP contribution in [0.4, 0.5) is 0 Å². The molecule has 15 heavy (non-hydrogen) atoms. The van der Waals surface area contributed by atoms with E-state index in [4.69, 9.17) is 10.2 Å². The lowest BCUT2D eigenvalue weighted by molar-refractivity contribution is 0.201. The highest BCUT2D eigenvalue weighted by atomic mass is 16.3. The molecular weight excluding hydrogens is 192 g/mol. The molecule has 0 aliphatic rings. The van der Waals surface area contributed by atoms with Gasteiger partial charge in [-0.1, -0.05) is 6.07 Å². The number of aliphatic hydroxyl groups is 2. The minimum atomic E-state index is -0.00771. The predicted octanol–water partition coefficient (Wildman–Crippen LogP) is -0.0430. The maximum Gasteiger partial charge on any atom is 0.0585 e. The van der Waals surface area contributed by atoms with Gasteiger partial charge in [0.1, 0.15) is 0 Å². The van der Waals surface area contributed by atoms with Crippen molar-refractivity contribution in [1.29, 1.82) is 0 Å². The van der Waals surface area contributed by atoms with E-state index < -0.39 is 0 Å². The molecule has 1 rings (SSSR count). The second-order valence-corrected chi connectivity index (χ2v) is 3.46. The van der Waals surface area contributed by atoms with Crippen LogP contribution in [0.3, 0.4) is 0 Å². The van der Waals surface area contributed by atoms with Crippen molar-refractivity contribution in [3.8, 4) is 0 Å². The van der Waals surface area contributed by atoms with Gasteiger partial charge in [-0.15, -0.1) is 0 Å². The smallest absolute Gasteiger partial charge is 0.0585 e. The predicted molar refractivity (Wildman–Crippen MR) is 58.5 cm³/mol. The molecule has 0 aliphatic heterocycles. The monoisotopic (exact) mass is 210 g/mol. The fraction of sp³-hybridized carbons (Fsp3) is 0.545. The van der Waals surface area contributed by atoms with Crippen molar-refractivity contribution in [2.75, 3.05) is 19.8 Å². The summed E-state index contributed by atoms with van der Waals surface area (Å²) in [6, 6.07) is 3.92. The number of aliphatic hydroxyl groups excluding tert-OH is 2. The standard InChI is InChI=1S/C11H18N2O2/c14-7-4-11(9-15)13-6-3-10-2-1-5-12-8-10/h1-2,5,8,11,13-15H,3-4,6-7,9H2. The molecule has 0 saturated carbocycles. The first-order valence-corrected chi connectivity index (χ1v) is 5.21. The van der Waals surface area contributed by atoms with E-state index in [0.717, 1.165) is 13.0 Å². The topological polar surface area (TPSA) is 65.4 Å². The Morgan fingerprint density at radius 1 is 1.40 bits per heavy atom. The number of nitrogens with zero attached hydrogens (tertiary/aromatic N) is 1. The average molecular weight is 210 g/mol. The van der Waals surface area contributed by atoms with Gasteiger partial charge in [0.05, 0.1) is 6.61 Å². The maximum atomic E-state index is 8.97. The van der Waals surface area contributed by atoms with Crippen LogP contribution in [0.15, 0.2) is 24.5 Å². The van der Waals surface area contributed by atoms with Gasteiger partial charge in [-0.05, 0) is 31.0 Å². The van der Waals surface area contributed by atoms with E-state index in [9.17, 15) is 0 Å². The van der Waals surface area contributed by atoms with Crippen molar-refractivity contribution in [1.82, 2.24) is 10.3 Å². The molecule has 0 fully saturated rings. The van der Waals surface area contributed by atoms with Crippen LogP contribution in [0.2, 0.25) is 0 Å². The first kappa shape index (κ1) is 12.1. The van der Waals surface area contributed by atoms with E-state index in [0.29, 0.717) is 6.42 Å². The minimum Gasteiger partial charge on any atom is -0.396 e. The maximum absolute atomic E-state index is 8.97. The number of pyridine rings is 1. The van der Waals surface area contributed by atoms with E-state index in [1.165, 1.54) is 5.56 Å². The molecule has 1 unspecified atom stereocenters. The van der Waals surface area contributed by atoms with E-state index in [1.807, 2.05) is 18.3 Å². The molecule has 1 atom stereocenters. The summed E-state index contributed by atoms with van der Waals surface area (Å²) < 4.78 is 0. The fourth-order valence-electron chi connectivity index (χ4n) is 1.38. The third-order valence-corrected chi connectivity index (χ3v) is 2.27. The summed E-state index contributed by atoms with van der Waals surface area (Å²) in [5.41, 5.74) is 1.17. The molecule has 0 spiro atoms. The van der Waals surface area contributed by atoms with Crippen molar-refractivity contribution in [3.63, 3.8) is 0 Å². The molecule has 0 amide bonds. The zero-order chi connectivity index (χ0) is 10.9. The van der Waals surface area contributed by atoms with Gasteiger partial charge in [-0.3, -0.25) is 4.98 Å². The van der Waals surface area contributed by atoms with Crippen molar-refractivity contribution in [2.45, 2.75) is 18.9 Å². The van der Waals surface area contributed by atoms with Gasteiger partial charge in [0.2, 0.25) is 0 Å². The van der Waals surface area contributed by atoms with Crippen LogP contribution in [-0.2, 0) is 6.42 Å². The Balaban J connectivity index is 2.20. The Labute approximate surface area is 90.0 Å². The zero-order valence-corrected chi connectivity index (χ0v) is 8.76. The number of hydrogen-bond donors (Lipinski definition) is 3. The third-order valence-electron chi connectivity index (χ3n) is 2.27. The van der Waals surface area contributed by atoms with Gasteiger partial charge in [-0.25, -0.2) is 0 Å². The molecule has 0 bridgehead atoms. The van der Waals surface area contributed by atoms with Crippen LogP contribution >= 0.6 is 0 Å². The Kier molecular flexibility index (Phi) is 5.92. The number of aromatic nitrogens is 1. The summed E-state index contributed by atoms with van der Waals surface area (Å²) in [6.45, 7) is 0.954. The molecule has 4 nitrogen and oxygen atoms in total. The summed E-state index contributed by atoms with van der Waals surface area (Å²) in [5.74, 6) is 0. The van der Waals surface area contributed by atoms with Crippen molar-refractivity contribution >= 4 is 0 Å². The number of hydrogen-bond acceptors (Lipinski definition) is 4. The molecule has 1 aromatic heterocycles. The second-order valence-electron chi connectivity index (χ2n) is 3.46. The van der Waals surface area contributed by atoms with Crippen LogP contribution in [0.5, 0.6) is 0 Å². The summed E-state index contributed by atoms with van der Waals surface area (Å²) in [4.78, 5) is 4.02. The first-order valence-electron chi connectivity index (χ1n) is 5.21. The van der Waals surface area contributed by atoms with Gasteiger partial charge in [0.25, 0.3) is 0 Å². The van der Waals surface area contributed by atoms with Crippen LogP contribution in [0, 0.1) is 0 Å². The molecule has 1 heterocycles. The van der Waals surface area contributed by atoms with E-state index in [2.05, 4.69) is 10.3 Å². The summed E-state index contributed by atoms with van der Waals surface area (Å²) in [6.07, 6.45) is 5.06. The molecule has 4 heteroatoms. The second kappa shape index (κ2) is 7.34. The first-order chi connectivity index (χ1) is 7.36. The quantitative estimate of drug-likeness (QED) is 0.590. The van der Waals surface area contributed by atoms with Crippen LogP contribution < -0.4 is 5.32 Å². The van der Waals surface area contributed by atoms with E-state index in [-0.39, 0.29) is 19.3 Å². The Morgan fingerprint density at radius 3 is 2.87 bits per heavy atom. The molecule has 3 N–H and O–H groups in total. The zero-order valence-electron chi connectivity index (χ0n) is 8.76. The van der Waals surface area contributed by atoms with Crippen LogP contribution in [-0.4, -0.2) is 41.0 Å². The fourth-order valence-corrected chi connectivity index (χ4v) is 1.38. The summed E-state index contributed by atoms with van der Waals surface area (Å²) >= 11 is 0. The highest BCUT2D eigenvalue weighted by Crippen LogP contribution is 1.96. The number of nitrogens with one attached hydrogen (secondary N) is 1. The normalized spacial score (nSPS) is 12.7. The van der Waals surface area contributed by atoms with E-state index >= 15 is 0 Å². The molecule has 1 aromatic rings. The minimum absolute atomic E-state index is 0.00771. The summed E-state index contributed by atoms with van der Waals surface area (Å²) in [5, 5.41) is 20.9.